The first-order valence-electron chi connectivity index (χ1n) is 5.67. The molecule has 0 radical (unpaired) electrons. The lowest BCUT2D eigenvalue weighted by atomic mass is 10.2. The van der Waals surface area contributed by atoms with E-state index in [2.05, 4.69) is 12.2 Å². The van der Waals surface area contributed by atoms with Crippen molar-refractivity contribution >= 4 is 40.3 Å². The third-order valence-electron chi connectivity index (χ3n) is 2.29. The standard InChI is InChI=1S/C13H13NO2S2/c1-2-7-16-10-5-3-9(4-6-10)8-11-12(17)14-13(15)18-11/h3-6,8H,2,7H2,1H3,(H,14,15,17)/b11-8-. The number of hydrogen-bond donors (Lipinski definition) is 1. The van der Waals surface area contributed by atoms with Crippen molar-refractivity contribution in [2.24, 2.45) is 0 Å². The molecule has 1 heterocycles. The lowest BCUT2D eigenvalue weighted by Gasteiger charge is -2.04. The summed E-state index contributed by atoms with van der Waals surface area (Å²) in [7, 11) is 0. The number of thiocarbonyl (C=S) groups is 1. The SMILES string of the molecule is CCCOc1ccc(/C=C2\SC(=O)NC2=S)cc1. The number of nitrogens with one attached hydrogen (secondary N) is 1. The molecule has 1 amide bonds. The van der Waals surface area contributed by atoms with Crippen LogP contribution in [0.2, 0.25) is 0 Å². The molecular weight excluding hydrogens is 266 g/mol. The van der Waals surface area contributed by atoms with E-state index >= 15 is 0 Å². The van der Waals surface area contributed by atoms with Gasteiger partial charge in [0.2, 0.25) is 0 Å². The number of hydrogen-bond acceptors (Lipinski definition) is 4. The smallest absolute Gasteiger partial charge is 0.289 e. The van der Waals surface area contributed by atoms with Gasteiger partial charge in [0.15, 0.2) is 0 Å². The Hall–Kier alpha value is -1.33. The van der Waals surface area contributed by atoms with E-state index in [1.807, 2.05) is 30.3 Å². The predicted octanol–water partition coefficient (Wildman–Crippen LogP) is 3.60. The molecule has 0 aliphatic carbocycles. The average Bonchev–Trinajstić information content (AvgIpc) is 2.67. The fourth-order valence-electron chi connectivity index (χ4n) is 1.45. The molecule has 0 unspecified atom stereocenters. The Morgan fingerprint density at radius 1 is 1.39 bits per heavy atom. The number of amides is 1. The zero-order valence-electron chi connectivity index (χ0n) is 9.93. The van der Waals surface area contributed by atoms with Crippen LogP contribution in [0.15, 0.2) is 29.2 Å². The van der Waals surface area contributed by atoms with Crippen LogP contribution in [0.4, 0.5) is 4.79 Å². The second-order valence-electron chi connectivity index (χ2n) is 3.77. The predicted molar refractivity (Wildman–Crippen MR) is 78.9 cm³/mol. The number of ether oxygens (including phenoxy) is 1. The first kappa shape index (κ1) is 13.1. The molecular formula is C13H13NO2S2. The molecule has 18 heavy (non-hydrogen) atoms. The van der Waals surface area contributed by atoms with Gasteiger partial charge in [-0.2, -0.15) is 0 Å². The lowest BCUT2D eigenvalue weighted by molar-refractivity contribution is 0.265. The maximum absolute atomic E-state index is 11.1. The number of thioether (sulfide) groups is 1. The number of carbonyl (C=O) groups excluding carboxylic acids is 1. The van der Waals surface area contributed by atoms with Gasteiger partial charge in [-0.3, -0.25) is 4.79 Å². The van der Waals surface area contributed by atoms with Gasteiger partial charge in [-0.15, -0.1) is 0 Å². The molecule has 2 rings (SSSR count). The van der Waals surface area contributed by atoms with Crippen LogP contribution in [-0.2, 0) is 0 Å². The molecule has 0 saturated carbocycles. The van der Waals surface area contributed by atoms with Gasteiger partial charge >= 0.3 is 0 Å². The van der Waals surface area contributed by atoms with Gasteiger partial charge in [0.1, 0.15) is 10.7 Å². The van der Waals surface area contributed by atoms with Crippen LogP contribution < -0.4 is 10.1 Å². The second-order valence-corrected chi connectivity index (χ2v) is 5.19. The molecule has 1 aliphatic heterocycles. The molecule has 1 fully saturated rings. The summed E-state index contributed by atoms with van der Waals surface area (Å²) >= 11 is 6.18. The van der Waals surface area contributed by atoms with Crippen LogP contribution in [0.3, 0.4) is 0 Å². The Kier molecular flexibility index (Phi) is 4.38. The van der Waals surface area contributed by atoms with E-state index in [0.717, 1.165) is 41.0 Å². The van der Waals surface area contributed by atoms with Gasteiger partial charge in [-0.05, 0) is 42.0 Å². The van der Waals surface area contributed by atoms with Gasteiger partial charge in [-0.25, -0.2) is 0 Å². The lowest BCUT2D eigenvalue weighted by Crippen LogP contribution is -2.15. The molecule has 1 N–H and O–H groups in total. The molecule has 3 nitrogen and oxygen atoms in total. The van der Waals surface area contributed by atoms with E-state index < -0.39 is 0 Å². The summed E-state index contributed by atoms with van der Waals surface area (Å²) in [5, 5.41) is 2.47. The van der Waals surface area contributed by atoms with E-state index in [1.54, 1.807) is 0 Å². The van der Waals surface area contributed by atoms with Crippen LogP contribution in [-0.4, -0.2) is 16.8 Å². The van der Waals surface area contributed by atoms with Crippen molar-refractivity contribution in [3.8, 4) is 5.75 Å². The highest BCUT2D eigenvalue weighted by Crippen LogP contribution is 2.27. The molecule has 0 aromatic heterocycles. The van der Waals surface area contributed by atoms with Crippen LogP contribution in [0.25, 0.3) is 6.08 Å². The monoisotopic (exact) mass is 279 g/mol. The summed E-state index contributed by atoms with van der Waals surface area (Å²) in [4.78, 5) is 12.4. The van der Waals surface area contributed by atoms with Crippen molar-refractivity contribution in [1.29, 1.82) is 0 Å². The van der Waals surface area contributed by atoms with Crippen molar-refractivity contribution in [2.75, 3.05) is 6.61 Å². The fraction of sp³-hybridized carbons (Fsp3) is 0.231. The van der Waals surface area contributed by atoms with Gasteiger partial charge < -0.3 is 10.1 Å². The first-order valence-corrected chi connectivity index (χ1v) is 6.89. The third-order valence-corrected chi connectivity index (χ3v) is 3.57. The van der Waals surface area contributed by atoms with Crippen LogP contribution >= 0.6 is 24.0 Å². The number of carbonyl (C=O) groups is 1. The molecule has 1 aromatic rings. The van der Waals surface area contributed by atoms with Crippen LogP contribution in [0.1, 0.15) is 18.9 Å². The fourth-order valence-corrected chi connectivity index (χ4v) is 2.49. The van der Waals surface area contributed by atoms with E-state index in [1.165, 1.54) is 0 Å². The minimum absolute atomic E-state index is 0.117. The van der Waals surface area contributed by atoms with Crippen LogP contribution in [0.5, 0.6) is 5.75 Å². The maximum Gasteiger partial charge on any atom is 0.289 e. The molecule has 0 bridgehead atoms. The van der Waals surface area contributed by atoms with Gasteiger partial charge in [0.05, 0.1) is 11.5 Å². The van der Waals surface area contributed by atoms with Gasteiger partial charge in [-0.1, -0.05) is 31.3 Å². The van der Waals surface area contributed by atoms with E-state index in [0.29, 0.717) is 4.99 Å². The normalized spacial score (nSPS) is 17.1. The summed E-state index contributed by atoms with van der Waals surface area (Å²) in [5.74, 6) is 0.856. The summed E-state index contributed by atoms with van der Waals surface area (Å²) in [6.45, 7) is 2.79. The Morgan fingerprint density at radius 2 is 2.11 bits per heavy atom. The molecule has 5 heteroatoms. The summed E-state index contributed by atoms with van der Waals surface area (Å²) in [6, 6.07) is 7.73. The Morgan fingerprint density at radius 3 is 2.67 bits per heavy atom. The van der Waals surface area contributed by atoms with Crippen molar-refractivity contribution in [3.05, 3.63) is 34.7 Å². The van der Waals surface area contributed by atoms with E-state index in [-0.39, 0.29) is 5.24 Å². The van der Waals surface area contributed by atoms with Crippen molar-refractivity contribution in [1.82, 2.24) is 5.32 Å². The second kappa shape index (κ2) is 6.02. The van der Waals surface area contributed by atoms with Crippen molar-refractivity contribution in [2.45, 2.75) is 13.3 Å². The Labute approximate surface area is 116 Å². The molecule has 94 valence electrons. The summed E-state index contributed by atoms with van der Waals surface area (Å²) in [6.07, 6.45) is 2.89. The molecule has 1 aliphatic rings. The Balaban J connectivity index is 2.08. The first-order chi connectivity index (χ1) is 8.69. The summed E-state index contributed by atoms with van der Waals surface area (Å²) < 4.78 is 5.50. The number of benzene rings is 1. The quantitative estimate of drug-likeness (QED) is 0.675. The van der Waals surface area contributed by atoms with Crippen LogP contribution in [0, 0.1) is 0 Å². The average molecular weight is 279 g/mol. The highest BCUT2D eigenvalue weighted by molar-refractivity contribution is 8.19. The number of rotatable bonds is 4. The minimum Gasteiger partial charge on any atom is -0.494 e. The van der Waals surface area contributed by atoms with Gasteiger partial charge in [0, 0.05) is 0 Å². The maximum atomic E-state index is 11.1. The highest BCUT2D eigenvalue weighted by Gasteiger charge is 2.21. The zero-order valence-corrected chi connectivity index (χ0v) is 11.6. The van der Waals surface area contributed by atoms with Crippen molar-refractivity contribution < 1.29 is 9.53 Å². The van der Waals surface area contributed by atoms with Gasteiger partial charge in [0.25, 0.3) is 5.24 Å². The van der Waals surface area contributed by atoms with E-state index in [4.69, 9.17) is 17.0 Å². The zero-order chi connectivity index (χ0) is 13.0. The topological polar surface area (TPSA) is 38.3 Å². The molecule has 0 atom stereocenters. The Bertz CT molecular complexity index is 494. The summed E-state index contributed by atoms with van der Waals surface area (Å²) in [5.41, 5.74) is 1.00. The highest BCUT2D eigenvalue weighted by atomic mass is 32.2. The molecule has 0 spiro atoms. The largest absolute Gasteiger partial charge is 0.494 e. The molecule has 1 aromatic carbocycles. The molecule has 1 saturated heterocycles. The third kappa shape index (κ3) is 3.34. The van der Waals surface area contributed by atoms with E-state index in [9.17, 15) is 4.79 Å². The minimum atomic E-state index is -0.117. The van der Waals surface area contributed by atoms with Crippen molar-refractivity contribution in [3.63, 3.8) is 0 Å².